The van der Waals surface area contributed by atoms with Crippen molar-refractivity contribution in [3.05, 3.63) is 28.2 Å². The van der Waals surface area contributed by atoms with Crippen LogP contribution in [0, 0.1) is 12.8 Å². The van der Waals surface area contributed by atoms with Crippen molar-refractivity contribution in [2.24, 2.45) is 5.92 Å². The van der Waals surface area contributed by atoms with E-state index in [1.165, 1.54) is 0 Å². The second-order valence-corrected chi connectivity index (χ2v) is 5.62. The molecule has 20 heavy (non-hydrogen) atoms. The van der Waals surface area contributed by atoms with Crippen LogP contribution in [-0.4, -0.2) is 18.4 Å². The number of carbonyl (C=O) groups is 2. The van der Waals surface area contributed by atoms with Crippen molar-refractivity contribution in [1.82, 2.24) is 5.32 Å². The number of amides is 2. The highest BCUT2D eigenvalue weighted by atomic mass is 79.9. The molecular weight excluding hydrogens is 320 g/mol. The largest absolute Gasteiger partial charge is 0.347 e. The Kier molecular flexibility index (Phi) is 6.71. The number of benzene rings is 1. The number of anilines is 1. The number of hydrogen-bond donors (Lipinski definition) is 2. The van der Waals surface area contributed by atoms with Crippen LogP contribution in [-0.2, 0) is 9.59 Å². The van der Waals surface area contributed by atoms with Crippen molar-refractivity contribution in [3.8, 4) is 0 Å². The molecule has 0 saturated heterocycles. The lowest BCUT2D eigenvalue weighted by Gasteiger charge is -2.13. The molecule has 0 saturated carbocycles. The summed E-state index contributed by atoms with van der Waals surface area (Å²) in [7, 11) is 0. The summed E-state index contributed by atoms with van der Waals surface area (Å²) in [5.74, 6) is -0.309. The highest BCUT2D eigenvalue weighted by molar-refractivity contribution is 9.10. The number of aryl methyl sites for hydroxylation is 1. The molecule has 0 aromatic heterocycles. The maximum atomic E-state index is 11.8. The van der Waals surface area contributed by atoms with Gasteiger partial charge in [-0.05, 0) is 53.4 Å². The minimum atomic E-state index is -0.228. The van der Waals surface area contributed by atoms with Crippen LogP contribution in [0.4, 0.5) is 5.69 Å². The first-order chi connectivity index (χ1) is 9.47. The van der Waals surface area contributed by atoms with Crippen molar-refractivity contribution >= 4 is 33.4 Å². The van der Waals surface area contributed by atoms with Gasteiger partial charge in [-0.15, -0.1) is 0 Å². The van der Waals surface area contributed by atoms with Gasteiger partial charge in [-0.25, -0.2) is 0 Å². The Morgan fingerprint density at radius 2 is 1.90 bits per heavy atom. The topological polar surface area (TPSA) is 58.2 Å². The number of rotatable bonds is 6. The smallest absolute Gasteiger partial charge is 0.243 e. The van der Waals surface area contributed by atoms with Gasteiger partial charge in [-0.1, -0.05) is 19.9 Å². The van der Waals surface area contributed by atoms with E-state index in [1.807, 2.05) is 39.0 Å². The van der Waals surface area contributed by atoms with Crippen LogP contribution in [0.25, 0.3) is 0 Å². The van der Waals surface area contributed by atoms with E-state index in [4.69, 9.17) is 0 Å². The number of nitrogens with one attached hydrogen (secondary N) is 2. The van der Waals surface area contributed by atoms with E-state index in [0.717, 1.165) is 22.9 Å². The maximum Gasteiger partial charge on any atom is 0.243 e. The van der Waals surface area contributed by atoms with Crippen LogP contribution in [0.2, 0.25) is 0 Å². The van der Waals surface area contributed by atoms with E-state index < -0.39 is 0 Å². The fourth-order valence-corrected chi connectivity index (χ4v) is 2.48. The van der Waals surface area contributed by atoms with Crippen LogP contribution in [0.15, 0.2) is 22.7 Å². The van der Waals surface area contributed by atoms with Crippen LogP contribution in [0.3, 0.4) is 0 Å². The fourth-order valence-electron chi connectivity index (χ4n) is 1.89. The van der Waals surface area contributed by atoms with Crippen molar-refractivity contribution in [2.75, 3.05) is 11.9 Å². The van der Waals surface area contributed by atoms with Gasteiger partial charge in [-0.3, -0.25) is 9.59 Å². The number of halogens is 1. The summed E-state index contributed by atoms with van der Waals surface area (Å²) in [6, 6.07) is 5.68. The van der Waals surface area contributed by atoms with Crippen molar-refractivity contribution in [3.63, 3.8) is 0 Å². The first-order valence-electron chi connectivity index (χ1n) is 6.81. The Labute approximate surface area is 128 Å². The molecule has 0 atom stereocenters. The molecule has 1 aromatic rings. The standard InChI is InChI=1S/C15H21BrN2O2/c1-4-11(5-2)15(20)17-9-14(19)18-13-7-6-10(3)8-12(13)16/h6-8,11H,4-5,9H2,1-3H3,(H,17,20)(H,18,19). The summed E-state index contributed by atoms with van der Waals surface area (Å²) in [6.45, 7) is 5.91. The highest BCUT2D eigenvalue weighted by Gasteiger charge is 2.15. The van der Waals surface area contributed by atoms with E-state index >= 15 is 0 Å². The lowest BCUT2D eigenvalue weighted by Crippen LogP contribution is -2.36. The van der Waals surface area contributed by atoms with Gasteiger partial charge in [0, 0.05) is 10.4 Å². The predicted molar refractivity (Wildman–Crippen MR) is 84.6 cm³/mol. The number of hydrogen-bond acceptors (Lipinski definition) is 2. The van der Waals surface area contributed by atoms with Gasteiger partial charge in [0.05, 0.1) is 12.2 Å². The Morgan fingerprint density at radius 3 is 2.45 bits per heavy atom. The van der Waals surface area contributed by atoms with E-state index in [1.54, 1.807) is 0 Å². The van der Waals surface area contributed by atoms with E-state index in [0.29, 0.717) is 5.69 Å². The molecule has 5 heteroatoms. The molecular formula is C15H21BrN2O2. The van der Waals surface area contributed by atoms with Crippen LogP contribution in [0.1, 0.15) is 32.3 Å². The van der Waals surface area contributed by atoms with Crippen LogP contribution >= 0.6 is 15.9 Å². The Morgan fingerprint density at radius 1 is 1.25 bits per heavy atom. The van der Waals surface area contributed by atoms with Gasteiger partial charge in [-0.2, -0.15) is 0 Å². The van der Waals surface area contributed by atoms with Gasteiger partial charge >= 0.3 is 0 Å². The molecule has 0 spiro atoms. The SMILES string of the molecule is CCC(CC)C(=O)NCC(=O)Nc1ccc(C)cc1Br. The van der Waals surface area contributed by atoms with Gasteiger partial charge in [0.1, 0.15) is 0 Å². The summed E-state index contributed by atoms with van der Waals surface area (Å²) in [5.41, 5.74) is 1.81. The lowest BCUT2D eigenvalue weighted by molar-refractivity contribution is -0.127. The molecule has 0 fully saturated rings. The summed E-state index contributed by atoms with van der Waals surface area (Å²) >= 11 is 3.40. The Balaban J connectivity index is 2.50. The lowest BCUT2D eigenvalue weighted by atomic mass is 10.0. The predicted octanol–water partition coefficient (Wildman–Crippen LogP) is 3.25. The molecule has 0 unspecified atom stereocenters. The third-order valence-electron chi connectivity index (χ3n) is 3.18. The molecule has 0 aliphatic carbocycles. The molecule has 0 aliphatic heterocycles. The third kappa shape index (κ3) is 4.96. The van der Waals surface area contributed by atoms with Gasteiger partial charge in [0.25, 0.3) is 0 Å². The second kappa shape index (κ2) is 8.04. The monoisotopic (exact) mass is 340 g/mol. The molecule has 1 aromatic carbocycles. The van der Waals surface area contributed by atoms with Crippen LogP contribution < -0.4 is 10.6 Å². The first kappa shape index (κ1) is 16.7. The van der Waals surface area contributed by atoms with Crippen molar-refractivity contribution in [2.45, 2.75) is 33.6 Å². The van der Waals surface area contributed by atoms with Gasteiger partial charge in [0.2, 0.25) is 11.8 Å². The summed E-state index contributed by atoms with van der Waals surface area (Å²) in [6.07, 6.45) is 1.57. The minimum Gasteiger partial charge on any atom is -0.347 e. The van der Waals surface area contributed by atoms with Gasteiger partial charge < -0.3 is 10.6 Å². The average Bonchev–Trinajstić information content (AvgIpc) is 2.41. The zero-order valence-corrected chi connectivity index (χ0v) is 13.7. The molecule has 0 aliphatic rings. The quantitative estimate of drug-likeness (QED) is 0.834. The van der Waals surface area contributed by atoms with Crippen molar-refractivity contribution < 1.29 is 9.59 Å². The molecule has 0 radical (unpaired) electrons. The van der Waals surface area contributed by atoms with Crippen molar-refractivity contribution in [1.29, 1.82) is 0 Å². The summed E-state index contributed by atoms with van der Waals surface area (Å²) < 4.78 is 0.831. The third-order valence-corrected chi connectivity index (χ3v) is 3.83. The second-order valence-electron chi connectivity index (χ2n) is 4.76. The van der Waals surface area contributed by atoms with E-state index in [9.17, 15) is 9.59 Å². The maximum absolute atomic E-state index is 11.8. The molecule has 110 valence electrons. The zero-order valence-electron chi connectivity index (χ0n) is 12.1. The van der Waals surface area contributed by atoms with Crippen LogP contribution in [0.5, 0.6) is 0 Å². The Hall–Kier alpha value is -1.36. The molecule has 4 nitrogen and oxygen atoms in total. The molecule has 2 N–H and O–H groups in total. The molecule has 1 rings (SSSR count). The van der Waals surface area contributed by atoms with E-state index in [2.05, 4.69) is 26.6 Å². The first-order valence-corrected chi connectivity index (χ1v) is 7.60. The summed E-state index contributed by atoms with van der Waals surface area (Å²) in [4.78, 5) is 23.6. The normalized spacial score (nSPS) is 10.4. The Bertz CT molecular complexity index is 485. The average molecular weight is 341 g/mol. The van der Waals surface area contributed by atoms with Gasteiger partial charge in [0.15, 0.2) is 0 Å². The molecule has 0 bridgehead atoms. The van der Waals surface area contributed by atoms with E-state index in [-0.39, 0.29) is 24.3 Å². The molecule has 0 heterocycles. The summed E-state index contributed by atoms with van der Waals surface area (Å²) in [5, 5.41) is 5.44. The zero-order chi connectivity index (χ0) is 15.1. The fraction of sp³-hybridized carbons (Fsp3) is 0.467. The molecule has 2 amide bonds. The number of carbonyl (C=O) groups excluding carboxylic acids is 2. The highest BCUT2D eigenvalue weighted by Crippen LogP contribution is 2.23. The minimum absolute atomic E-state index is 0.00432.